The Morgan fingerprint density at radius 3 is 1.62 bits per heavy atom. The molecule has 0 saturated heterocycles. The van der Waals surface area contributed by atoms with E-state index in [1.165, 1.54) is 12.8 Å². The molecule has 6 heteroatoms. The smallest absolute Gasteiger partial charge is 0.131 e. The molecule has 0 radical (unpaired) electrons. The van der Waals surface area contributed by atoms with Gasteiger partial charge in [0.1, 0.15) is 5.79 Å². The number of nitrogens with one attached hydrogen (secondary N) is 1. The topological polar surface area (TPSA) is 28.2 Å². The third-order valence-electron chi connectivity index (χ3n) is 7.95. The third-order valence-corrected chi connectivity index (χ3v) is 7.95. The summed E-state index contributed by atoms with van der Waals surface area (Å²) in [7, 11) is 6.54. The molecular weight excluding hydrogens is 480 g/mol. The van der Waals surface area contributed by atoms with Crippen molar-refractivity contribution in [2.75, 3.05) is 60.4 Å². The van der Waals surface area contributed by atoms with E-state index in [2.05, 4.69) is 125 Å². The van der Waals surface area contributed by atoms with Crippen LogP contribution in [0.2, 0.25) is 0 Å². The summed E-state index contributed by atoms with van der Waals surface area (Å²) in [6, 6.07) is 7.06. The molecule has 0 rings (SSSR count). The second-order valence-electron chi connectivity index (χ2n) is 10.9. The second kappa shape index (κ2) is 21.5. The Hall–Kier alpha value is -1.28. The van der Waals surface area contributed by atoms with Crippen molar-refractivity contribution in [2.45, 2.75) is 131 Å². The Labute approximate surface area is 245 Å². The molecule has 0 aromatic carbocycles. The van der Waals surface area contributed by atoms with E-state index in [1.807, 2.05) is 5.01 Å². The van der Waals surface area contributed by atoms with Gasteiger partial charge in [0, 0.05) is 51.1 Å². The number of hydrogen-bond acceptors (Lipinski definition) is 6. The molecule has 0 spiro atoms. The van der Waals surface area contributed by atoms with Crippen molar-refractivity contribution in [1.29, 1.82) is 0 Å². The summed E-state index contributed by atoms with van der Waals surface area (Å²) < 4.78 is 0. The van der Waals surface area contributed by atoms with Gasteiger partial charge in [-0.1, -0.05) is 80.1 Å². The molecule has 39 heavy (non-hydrogen) atoms. The molecule has 0 aromatic heterocycles. The maximum Gasteiger partial charge on any atom is 0.131 e. The van der Waals surface area contributed by atoms with Crippen LogP contribution in [0.1, 0.15) is 120 Å². The molecule has 1 N–H and O–H groups in total. The molecule has 0 aromatic rings. The first kappa shape index (κ1) is 37.7. The molecule has 0 amide bonds. The van der Waals surface area contributed by atoms with Gasteiger partial charge in [0.2, 0.25) is 0 Å². The first-order valence-electron chi connectivity index (χ1n) is 16.2. The van der Waals surface area contributed by atoms with Crippen LogP contribution in [0.25, 0.3) is 0 Å². The van der Waals surface area contributed by atoms with Crippen LogP contribution in [-0.4, -0.2) is 96.5 Å². The number of unbranched alkanes of at least 4 members (excludes halogenated alkanes) is 3. The summed E-state index contributed by atoms with van der Waals surface area (Å²) in [6.45, 7) is 24.2. The van der Waals surface area contributed by atoms with E-state index >= 15 is 0 Å². The lowest BCUT2D eigenvalue weighted by molar-refractivity contribution is -0.104. The Morgan fingerprint density at radius 1 is 0.667 bits per heavy atom. The Balaban J connectivity index is 6.94. The average Bonchev–Trinajstić information content (AvgIpc) is 2.94. The SMILES string of the molecule is CCCC#CN(C#CC(CC)(CC(NC)(N(CC)CC)N(CCC)CCC)N(C)C)N(CCCC)CCCC. The lowest BCUT2D eigenvalue weighted by Gasteiger charge is -2.54. The molecule has 2 unspecified atom stereocenters. The highest BCUT2D eigenvalue weighted by molar-refractivity contribution is 5.22. The van der Waals surface area contributed by atoms with Gasteiger partial charge >= 0.3 is 0 Å². The second-order valence-corrected chi connectivity index (χ2v) is 10.9. The fourth-order valence-electron chi connectivity index (χ4n) is 5.42. The Bertz CT molecular complexity index is 714. The van der Waals surface area contributed by atoms with Crippen LogP contribution in [0.4, 0.5) is 0 Å². The highest BCUT2D eigenvalue weighted by Gasteiger charge is 2.46. The first-order valence-corrected chi connectivity index (χ1v) is 16.2. The van der Waals surface area contributed by atoms with E-state index in [9.17, 15) is 0 Å². The van der Waals surface area contributed by atoms with E-state index in [4.69, 9.17) is 0 Å². The predicted molar refractivity (Wildman–Crippen MR) is 172 cm³/mol. The summed E-state index contributed by atoms with van der Waals surface area (Å²) in [6.07, 6.45) is 10.7. The highest BCUT2D eigenvalue weighted by Crippen LogP contribution is 2.33. The highest BCUT2D eigenvalue weighted by atomic mass is 15.6. The molecule has 228 valence electrons. The minimum atomic E-state index is -0.322. The molecule has 0 bridgehead atoms. The summed E-state index contributed by atoms with van der Waals surface area (Å²) >= 11 is 0. The van der Waals surface area contributed by atoms with E-state index < -0.39 is 0 Å². The molecule has 0 saturated carbocycles. The quantitative estimate of drug-likeness (QED) is 0.0790. The van der Waals surface area contributed by atoms with Gasteiger partial charge in [0.05, 0.1) is 5.54 Å². The van der Waals surface area contributed by atoms with Crippen LogP contribution < -0.4 is 5.32 Å². The van der Waals surface area contributed by atoms with E-state index in [1.54, 1.807) is 0 Å². The van der Waals surface area contributed by atoms with Crippen molar-refractivity contribution in [1.82, 2.24) is 30.0 Å². The summed E-state index contributed by atoms with van der Waals surface area (Å²) in [4.78, 5) is 7.62. The van der Waals surface area contributed by atoms with Gasteiger partial charge in [-0.15, -0.1) is 0 Å². The maximum absolute atomic E-state index is 3.85. The minimum Gasteiger partial charge on any atom is -0.293 e. The number of hydrogen-bond donors (Lipinski definition) is 1. The zero-order valence-corrected chi connectivity index (χ0v) is 28.0. The number of hydrazine groups is 1. The van der Waals surface area contributed by atoms with Crippen molar-refractivity contribution in [2.24, 2.45) is 0 Å². The summed E-state index contributed by atoms with van der Waals surface area (Å²) in [5, 5.41) is 8.27. The predicted octanol–water partition coefficient (Wildman–Crippen LogP) is 6.27. The van der Waals surface area contributed by atoms with Gasteiger partial charge in [0.15, 0.2) is 0 Å². The van der Waals surface area contributed by atoms with Crippen LogP contribution >= 0.6 is 0 Å². The van der Waals surface area contributed by atoms with Crippen LogP contribution in [0.5, 0.6) is 0 Å². The molecule has 6 nitrogen and oxygen atoms in total. The van der Waals surface area contributed by atoms with Crippen LogP contribution in [0, 0.1) is 23.9 Å². The normalized spacial score (nSPS) is 14.6. The molecule has 0 aliphatic carbocycles. The molecular formula is C33H66N6. The van der Waals surface area contributed by atoms with Crippen LogP contribution in [0.3, 0.4) is 0 Å². The van der Waals surface area contributed by atoms with Gasteiger partial charge in [-0.2, -0.15) is 5.01 Å². The van der Waals surface area contributed by atoms with Gasteiger partial charge in [-0.05, 0) is 72.8 Å². The van der Waals surface area contributed by atoms with Gasteiger partial charge in [0.25, 0.3) is 0 Å². The van der Waals surface area contributed by atoms with Crippen molar-refractivity contribution in [3.63, 3.8) is 0 Å². The monoisotopic (exact) mass is 547 g/mol. The van der Waals surface area contributed by atoms with E-state index in [0.29, 0.717) is 0 Å². The molecule has 0 aliphatic rings. The van der Waals surface area contributed by atoms with Crippen molar-refractivity contribution in [3.05, 3.63) is 0 Å². The van der Waals surface area contributed by atoms with E-state index in [-0.39, 0.29) is 11.3 Å². The third kappa shape index (κ3) is 11.6. The Morgan fingerprint density at radius 2 is 1.23 bits per heavy atom. The molecule has 0 heterocycles. The summed E-state index contributed by atoms with van der Waals surface area (Å²) in [5.41, 5.74) is -0.322. The lowest BCUT2D eigenvalue weighted by Crippen LogP contribution is -2.71. The lowest BCUT2D eigenvalue weighted by atomic mass is 9.85. The first-order chi connectivity index (χ1) is 18.8. The number of rotatable bonds is 21. The van der Waals surface area contributed by atoms with Crippen LogP contribution in [-0.2, 0) is 0 Å². The largest absolute Gasteiger partial charge is 0.293 e. The van der Waals surface area contributed by atoms with Crippen molar-refractivity contribution < 1.29 is 0 Å². The maximum atomic E-state index is 3.85. The molecule has 0 fully saturated rings. The fraction of sp³-hybridized carbons (Fsp3) is 0.879. The van der Waals surface area contributed by atoms with Crippen LogP contribution in [0.15, 0.2) is 0 Å². The average molecular weight is 547 g/mol. The fourth-order valence-corrected chi connectivity index (χ4v) is 5.42. The van der Waals surface area contributed by atoms with E-state index in [0.717, 1.165) is 90.6 Å². The molecule has 2 atom stereocenters. The standard InChI is InChI=1S/C33H66N6/c1-12-20-23-29-39(38(27-21-13-2)28-22-14-3)30-24-32(17-6,35(10)11)31-33(34-9,36(18-7)19-8)37(25-15-4)26-16-5/h34H,12-22,25-28,31H2,1-11H3. The zero-order valence-electron chi connectivity index (χ0n) is 28.0. The van der Waals surface area contributed by atoms with Gasteiger partial charge < -0.3 is 0 Å². The van der Waals surface area contributed by atoms with Gasteiger partial charge in [-0.25, -0.2) is 5.01 Å². The van der Waals surface area contributed by atoms with Gasteiger partial charge in [-0.3, -0.25) is 20.0 Å². The number of nitrogens with zero attached hydrogens (tertiary/aromatic N) is 5. The molecule has 0 aliphatic heterocycles. The minimum absolute atomic E-state index is 0.284. The zero-order chi connectivity index (χ0) is 29.7. The Kier molecular flexibility index (Phi) is 20.8. The summed E-state index contributed by atoms with van der Waals surface area (Å²) in [5.74, 6) is 6.94. The van der Waals surface area contributed by atoms with Crippen molar-refractivity contribution >= 4 is 0 Å². The van der Waals surface area contributed by atoms with Crippen molar-refractivity contribution in [3.8, 4) is 23.9 Å².